The summed E-state index contributed by atoms with van der Waals surface area (Å²) >= 11 is 0. The zero-order chi connectivity index (χ0) is 11.8. The second kappa shape index (κ2) is 4.10. The highest BCUT2D eigenvalue weighted by molar-refractivity contribution is 5.83. The van der Waals surface area contributed by atoms with Crippen molar-refractivity contribution < 1.29 is 4.79 Å². The molecule has 1 amide bonds. The van der Waals surface area contributed by atoms with Crippen LogP contribution in [0, 0.1) is 0 Å². The van der Waals surface area contributed by atoms with Crippen LogP contribution >= 0.6 is 0 Å². The smallest absolute Gasteiger partial charge is 0.241 e. The minimum absolute atomic E-state index is 0.104. The first kappa shape index (κ1) is 12.5. The van der Waals surface area contributed by atoms with Gasteiger partial charge in [0.2, 0.25) is 5.91 Å². The molecule has 4 heteroatoms. The van der Waals surface area contributed by atoms with Crippen LogP contribution < -0.4 is 5.73 Å². The fourth-order valence-corrected chi connectivity index (χ4v) is 2.11. The molecule has 1 saturated heterocycles. The van der Waals surface area contributed by atoms with Gasteiger partial charge in [0.1, 0.15) is 6.04 Å². The number of carbonyl (C=O) groups excluding carboxylic acids is 1. The predicted octanol–water partition coefficient (Wildman–Crippen LogP) is 0.275. The Bertz CT molecular complexity index is 250. The SMILES string of the molecule is CC(C)N1CC(C)(C)N(C)C(=O)C1CN. The van der Waals surface area contributed by atoms with Gasteiger partial charge in [0.25, 0.3) is 0 Å². The lowest BCUT2D eigenvalue weighted by atomic mass is 9.94. The maximum Gasteiger partial charge on any atom is 0.241 e. The van der Waals surface area contributed by atoms with Crippen molar-refractivity contribution in [2.75, 3.05) is 20.1 Å². The van der Waals surface area contributed by atoms with Gasteiger partial charge in [-0.3, -0.25) is 9.69 Å². The van der Waals surface area contributed by atoms with E-state index >= 15 is 0 Å². The molecule has 1 unspecified atom stereocenters. The van der Waals surface area contributed by atoms with Crippen molar-refractivity contribution in [2.45, 2.75) is 45.3 Å². The van der Waals surface area contributed by atoms with Crippen molar-refractivity contribution in [3.05, 3.63) is 0 Å². The molecule has 1 rings (SSSR count). The lowest BCUT2D eigenvalue weighted by molar-refractivity contribution is -0.150. The van der Waals surface area contributed by atoms with Crippen LogP contribution in [0.15, 0.2) is 0 Å². The number of hydrogen-bond acceptors (Lipinski definition) is 3. The molecule has 2 N–H and O–H groups in total. The zero-order valence-corrected chi connectivity index (χ0v) is 10.4. The standard InChI is InChI=1S/C11H23N3O/c1-8(2)14-7-11(3,4)13(5)10(15)9(14)6-12/h8-9H,6-7,12H2,1-5H3. The summed E-state index contributed by atoms with van der Waals surface area (Å²) in [7, 11) is 1.86. The van der Waals surface area contributed by atoms with Crippen LogP contribution in [0.2, 0.25) is 0 Å². The number of piperazine rings is 1. The number of nitrogens with zero attached hydrogens (tertiary/aromatic N) is 2. The minimum Gasteiger partial charge on any atom is -0.338 e. The molecule has 1 aliphatic rings. The third kappa shape index (κ3) is 2.16. The number of nitrogens with two attached hydrogens (primary N) is 1. The number of rotatable bonds is 2. The predicted molar refractivity (Wildman–Crippen MR) is 61.5 cm³/mol. The summed E-state index contributed by atoms with van der Waals surface area (Å²) in [6.45, 7) is 9.68. The third-order valence-corrected chi connectivity index (χ3v) is 3.38. The summed E-state index contributed by atoms with van der Waals surface area (Å²) < 4.78 is 0. The first-order valence-electron chi connectivity index (χ1n) is 5.54. The van der Waals surface area contributed by atoms with Gasteiger partial charge in [0, 0.05) is 31.7 Å². The molecule has 88 valence electrons. The first-order chi connectivity index (χ1) is 6.81. The van der Waals surface area contributed by atoms with Gasteiger partial charge in [-0.2, -0.15) is 0 Å². The van der Waals surface area contributed by atoms with E-state index in [9.17, 15) is 4.79 Å². The average Bonchev–Trinajstić information content (AvgIpc) is 2.13. The summed E-state index contributed by atoms with van der Waals surface area (Å²) in [5.74, 6) is 0.141. The van der Waals surface area contributed by atoms with Crippen LogP contribution in [0.4, 0.5) is 0 Å². The van der Waals surface area contributed by atoms with Crippen LogP contribution in [0.5, 0.6) is 0 Å². The molecule has 0 spiro atoms. The van der Waals surface area contributed by atoms with Gasteiger partial charge >= 0.3 is 0 Å². The Hall–Kier alpha value is -0.610. The third-order valence-electron chi connectivity index (χ3n) is 3.38. The Labute approximate surface area is 92.4 Å². The molecule has 0 saturated carbocycles. The summed E-state index contributed by atoms with van der Waals surface area (Å²) in [5, 5.41) is 0. The zero-order valence-electron chi connectivity index (χ0n) is 10.4. The molecule has 1 fully saturated rings. The first-order valence-corrected chi connectivity index (χ1v) is 5.54. The maximum absolute atomic E-state index is 12.1. The highest BCUT2D eigenvalue weighted by Gasteiger charge is 2.42. The lowest BCUT2D eigenvalue weighted by Crippen LogP contribution is -2.67. The van der Waals surface area contributed by atoms with Crippen molar-refractivity contribution >= 4 is 5.91 Å². The summed E-state index contributed by atoms with van der Waals surface area (Å²) in [5.41, 5.74) is 5.58. The molecular formula is C11H23N3O. The second-order valence-electron chi connectivity index (χ2n) is 5.23. The molecule has 1 heterocycles. The second-order valence-corrected chi connectivity index (χ2v) is 5.23. The average molecular weight is 213 g/mol. The summed E-state index contributed by atoms with van der Waals surface area (Å²) in [6.07, 6.45) is 0. The van der Waals surface area contributed by atoms with Gasteiger partial charge in [-0.15, -0.1) is 0 Å². The van der Waals surface area contributed by atoms with E-state index in [1.165, 1.54) is 0 Å². The fourth-order valence-electron chi connectivity index (χ4n) is 2.11. The molecule has 0 aromatic heterocycles. The van der Waals surface area contributed by atoms with Crippen LogP contribution in [0.1, 0.15) is 27.7 Å². The fraction of sp³-hybridized carbons (Fsp3) is 0.909. The molecular weight excluding hydrogens is 190 g/mol. The van der Waals surface area contributed by atoms with Gasteiger partial charge in [-0.25, -0.2) is 0 Å². The molecule has 1 atom stereocenters. The van der Waals surface area contributed by atoms with E-state index < -0.39 is 0 Å². The van der Waals surface area contributed by atoms with Gasteiger partial charge in [-0.05, 0) is 27.7 Å². The van der Waals surface area contributed by atoms with Gasteiger partial charge in [-0.1, -0.05) is 0 Å². The lowest BCUT2D eigenvalue weighted by Gasteiger charge is -2.50. The molecule has 15 heavy (non-hydrogen) atoms. The monoisotopic (exact) mass is 213 g/mol. The number of hydrogen-bond donors (Lipinski definition) is 1. The molecule has 0 aromatic rings. The molecule has 0 radical (unpaired) electrons. The topological polar surface area (TPSA) is 49.6 Å². The number of carbonyl (C=O) groups is 1. The highest BCUT2D eigenvalue weighted by atomic mass is 16.2. The highest BCUT2D eigenvalue weighted by Crippen LogP contribution is 2.24. The number of likely N-dealkylation sites (N-methyl/N-ethyl adjacent to an activating group) is 1. The van der Waals surface area contributed by atoms with Crippen LogP contribution in [0.3, 0.4) is 0 Å². The van der Waals surface area contributed by atoms with E-state index in [4.69, 9.17) is 5.73 Å². The Morgan fingerprint density at radius 1 is 1.53 bits per heavy atom. The molecule has 0 bridgehead atoms. The minimum atomic E-state index is -0.150. The van der Waals surface area contributed by atoms with Crippen LogP contribution in [-0.2, 0) is 4.79 Å². The van der Waals surface area contributed by atoms with Gasteiger partial charge in [0.05, 0.1) is 0 Å². The molecule has 0 aromatic carbocycles. The van der Waals surface area contributed by atoms with Crippen LogP contribution in [0.25, 0.3) is 0 Å². The van der Waals surface area contributed by atoms with Crippen molar-refractivity contribution in [1.82, 2.24) is 9.80 Å². The van der Waals surface area contributed by atoms with E-state index in [1.54, 1.807) is 0 Å². The maximum atomic E-state index is 12.1. The van der Waals surface area contributed by atoms with E-state index in [0.717, 1.165) is 6.54 Å². The Balaban J connectivity index is 2.95. The van der Waals surface area contributed by atoms with E-state index in [1.807, 2.05) is 11.9 Å². The van der Waals surface area contributed by atoms with E-state index in [2.05, 4.69) is 32.6 Å². The van der Waals surface area contributed by atoms with E-state index in [-0.39, 0.29) is 17.5 Å². The Morgan fingerprint density at radius 2 is 2.07 bits per heavy atom. The van der Waals surface area contributed by atoms with Gasteiger partial charge in [0.15, 0.2) is 0 Å². The van der Waals surface area contributed by atoms with Crippen molar-refractivity contribution in [3.63, 3.8) is 0 Å². The summed E-state index contributed by atoms with van der Waals surface area (Å²) in [4.78, 5) is 16.1. The van der Waals surface area contributed by atoms with Crippen LogP contribution in [-0.4, -0.2) is 53.5 Å². The molecule has 0 aliphatic carbocycles. The quantitative estimate of drug-likeness (QED) is 0.716. The number of amides is 1. The van der Waals surface area contributed by atoms with Crippen molar-refractivity contribution in [3.8, 4) is 0 Å². The molecule has 1 aliphatic heterocycles. The Kier molecular flexibility index (Phi) is 3.41. The largest absolute Gasteiger partial charge is 0.338 e. The molecule has 4 nitrogen and oxygen atoms in total. The van der Waals surface area contributed by atoms with Crippen molar-refractivity contribution in [1.29, 1.82) is 0 Å². The van der Waals surface area contributed by atoms with Crippen molar-refractivity contribution in [2.24, 2.45) is 5.73 Å². The van der Waals surface area contributed by atoms with E-state index in [0.29, 0.717) is 12.6 Å². The Morgan fingerprint density at radius 3 is 2.47 bits per heavy atom. The normalized spacial score (nSPS) is 27.5. The summed E-state index contributed by atoms with van der Waals surface area (Å²) in [6, 6.07) is 0.207. The van der Waals surface area contributed by atoms with Gasteiger partial charge < -0.3 is 10.6 Å².